The minimum Gasteiger partial charge on any atom is -0.326 e. The fraction of sp³-hybridized carbons (Fsp3) is 0.462. The molecule has 1 aromatic rings. The van der Waals surface area contributed by atoms with Gasteiger partial charge in [0.1, 0.15) is 0 Å². The van der Waals surface area contributed by atoms with Crippen molar-refractivity contribution in [2.45, 2.75) is 39.3 Å². The van der Waals surface area contributed by atoms with Crippen molar-refractivity contribution in [1.29, 1.82) is 0 Å². The summed E-state index contributed by atoms with van der Waals surface area (Å²) in [5, 5.41) is 2.48. The van der Waals surface area contributed by atoms with Crippen molar-refractivity contribution in [3.8, 4) is 0 Å². The van der Waals surface area contributed by atoms with Gasteiger partial charge in [-0.1, -0.05) is 19.4 Å². The number of unbranched alkanes of at least 4 members (excludes halogenated alkanes) is 1. The molecule has 0 aliphatic rings. The summed E-state index contributed by atoms with van der Waals surface area (Å²) in [5.41, 5.74) is -0.376. The van der Waals surface area contributed by atoms with Crippen LogP contribution in [-0.2, 0) is 11.0 Å². The largest absolute Gasteiger partial charge is 0.416 e. The van der Waals surface area contributed by atoms with Gasteiger partial charge in [0.15, 0.2) is 0 Å². The molecule has 0 spiro atoms. The predicted molar refractivity (Wildman–Crippen MR) is 64.3 cm³/mol. The molecule has 18 heavy (non-hydrogen) atoms. The molecule has 0 radical (unpaired) electrons. The lowest BCUT2D eigenvalue weighted by molar-refractivity contribution is -0.138. The van der Waals surface area contributed by atoms with E-state index < -0.39 is 11.7 Å². The molecule has 0 fully saturated rings. The number of hydrogen-bond acceptors (Lipinski definition) is 1. The molecule has 0 aliphatic carbocycles. The quantitative estimate of drug-likeness (QED) is 0.865. The molecule has 1 N–H and O–H groups in total. The van der Waals surface area contributed by atoms with Crippen LogP contribution in [0.5, 0.6) is 0 Å². The Morgan fingerprint density at radius 2 is 2.00 bits per heavy atom. The summed E-state index contributed by atoms with van der Waals surface area (Å²) in [4.78, 5) is 11.4. The highest BCUT2D eigenvalue weighted by atomic mass is 19.4. The van der Waals surface area contributed by atoms with Crippen LogP contribution in [0.25, 0.3) is 0 Å². The first-order valence-corrected chi connectivity index (χ1v) is 5.82. The minimum absolute atomic E-state index is 0.147. The van der Waals surface area contributed by atoms with Gasteiger partial charge in [-0.3, -0.25) is 4.79 Å². The molecule has 1 rings (SSSR count). The molecule has 0 bridgehead atoms. The Labute approximate surface area is 104 Å². The van der Waals surface area contributed by atoms with Crippen molar-refractivity contribution in [1.82, 2.24) is 0 Å². The summed E-state index contributed by atoms with van der Waals surface area (Å²) in [6.45, 7) is 3.34. The van der Waals surface area contributed by atoms with Gasteiger partial charge >= 0.3 is 6.18 Å². The second kappa shape index (κ2) is 5.89. The molecule has 5 heteroatoms. The van der Waals surface area contributed by atoms with E-state index >= 15 is 0 Å². The van der Waals surface area contributed by atoms with Gasteiger partial charge in [0.05, 0.1) is 5.56 Å². The monoisotopic (exact) mass is 259 g/mol. The highest BCUT2D eigenvalue weighted by molar-refractivity contribution is 5.90. The third-order valence-corrected chi connectivity index (χ3v) is 2.58. The number of benzene rings is 1. The predicted octanol–water partition coefficient (Wildman–Crippen LogP) is 4.14. The number of rotatable bonds is 4. The summed E-state index contributed by atoms with van der Waals surface area (Å²) in [6, 6.07) is 3.81. The maximum absolute atomic E-state index is 12.7. The van der Waals surface area contributed by atoms with Gasteiger partial charge in [-0.2, -0.15) is 13.2 Å². The van der Waals surface area contributed by atoms with E-state index in [0.29, 0.717) is 6.42 Å². The zero-order chi connectivity index (χ0) is 13.8. The molecule has 0 aliphatic heterocycles. The van der Waals surface area contributed by atoms with Crippen molar-refractivity contribution in [2.75, 3.05) is 5.32 Å². The van der Waals surface area contributed by atoms with Crippen molar-refractivity contribution in [2.24, 2.45) is 0 Å². The number of amides is 1. The molecule has 0 heterocycles. The fourth-order valence-corrected chi connectivity index (χ4v) is 1.57. The first-order chi connectivity index (χ1) is 8.34. The average Bonchev–Trinajstić information content (AvgIpc) is 2.27. The molecule has 0 saturated heterocycles. The van der Waals surface area contributed by atoms with E-state index in [1.54, 1.807) is 0 Å². The van der Waals surface area contributed by atoms with E-state index in [1.807, 2.05) is 6.92 Å². The van der Waals surface area contributed by atoms with Gasteiger partial charge in [0, 0.05) is 12.1 Å². The molecule has 0 atom stereocenters. The number of anilines is 1. The number of carbonyl (C=O) groups excluding carboxylic acids is 1. The summed E-state index contributed by atoms with van der Waals surface area (Å²) in [5.74, 6) is -0.256. The topological polar surface area (TPSA) is 29.1 Å². The number of hydrogen-bond donors (Lipinski definition) is 1. The molecule has 1 amide bonds. The molecular formula is C13H16F3NO. The minimum atomic E-state index is -4.39. The lowest BCUT2D eigenvalue weighted by Crippen LogP contribution is -2.13. The van der Waals surface area contributed by atoms with Gasteiger partial charge in [-0.05, 0) is 31.0 Å². The van der Waals surface area contributed by atoms with Gasteiger partial charge in [0.25, 0.3) is 0 Å². The summed E-state index contributed by atoms with van der Waals surface area (Å²) in [7, 11) is 0. The van der Waals surface area contributed by atoms with E-state index in [4.69, 9.17) is 0 Å². The Morgan fingerprint density at radius 3 is 2.56 bits per heavy atom. The van der Waals surface area contributed by atoms with E-state index in [2.05, 4.69) is 5.32 Å². The number of alkyl halides is 3. The zero-order valence-electron chi connectivity index (χ0n) is 10.4. The third-order valence-electron chi connectivity index (χ3n) is 2.58. The third kappa shape index (κ3) is 4.05. The molecule has 0 saturated carbocycles. The van der Waals surface area contributed by atoms with E-state index in [1.165, 1.54) is 19.1 Å². The average molecular weight is 259 g/mol. The fourth-order valence-electron chi connectivity index (χ4n) is 1.57. The van der Waals surface area contributed by atoms with Gasteiger partial charge in [-0.15, -0.1) is 0 Å². The summed E-state index contributed by atoms with van der Waals surface area (Å²) >= 11 is 0. The smallest absolute Gasteiger partial charge is 0.326 e. The summed E-state index contributed by atoms with van der Waals surface area (Å²) < 4.78 is 38.0. The van der Waals surface area contributed by atoms with E-state index in [9.17, 15) is 18.0 Å². The maximum atomic E-state index is 12.7. The lowest BCUT2D eigenvalue weighted by atomic mass is 10.1. The molecule has 0 aromatic heterocycles. The Bertz CT molecular complexity index is 427. The van der Waals surface area contributed by atoms with Crippen LogP contribution >= 0.6 is 0 Å². The second-order valence-electron chi connectivity index (χ2n) is 4.18. The van der Waals surface area contributed by atoms with Crippen LogP contribution in [0.4, 0.5) is 18.9 Å². The summed E-state index contributed by atoms with van der Waals surface area (Å²) in [6.07, 6.45) is -2.47. The van der Waals surface area contributed by atoms with Crippen LogP contribution in [0.2, 0.25) is 0 Å². The number of nitrogens with one attached hydrogen (secondary N) is 1. The number of aryl methyl sites for hydroxylation is 1. The highest BCUT2D eigenvalue weighted by Crippen LogP contribution is 2.33. The molecule has 2 nitrogen and oxygen atoms in total. The first-order valence-electron chi connectivity index (χ1n) is 5.82. The molecule has 100 valence electrons. The maximum Gasteiger partial charge on any atom is 0.416 e. The molecule has 1 aromatic carbocycles. The van der Waals surface area contributed by atoms with Crippen LogP contribution in [-0.4, -0.2) is 5.91 Å². The highest BCUT2D eigenvalue weighted by Gasteiger charge is 2.32. The standard InChI is InChI=1S/C13H16F3NO/c1-3-4-5-12(18)17-10-7-6-9(2)11(8-10)13(14,15)16/h6-8H,3-5H2,1-2H3,(H,17,18). The van der Waals surface area contributed by atoms with Gasteiger partial charge in [-0.25, -0.2) is 0 Å². The number of halogens is 3. The SMILES string of the molecule is CCCCC(=O)Nc1ccc(C)c(C(F)(F)F)c1. The van der Waals surface area contributed by atoms with E-state index in [-0.39, 0.29) is 17.2 Å². The molecule has 0 unspecified atom stereocenters. The van der Waals surface area contributed by atoms with Crippen molar-refractivity contribution in [3.05, 3.63) is 29.3 Å². The van der Waals surface area contributed by atoms with Crippen molar-refractivity contribution >= 4 is 11.6 Å². The Morgan fingerprint density at radius 1 is 1.33 bits per heavy atom. The Hall–Kier alpha value is -1.52. The van der Waals surface area contributed by atoms with Crippen molar-refractivity contribution in [3.63, 3.8) is 0 Å². The second-order valence-corrected chi connectivity index (χ2v) is 4.18. The Kier molecular flexibility index (Phi) is 4.76. The van der Waals surface area contributed by atoms with Crippen molar-refractivity contribution < 1.29 is 18.0 Å². The first kappa shape index (κ1) is 14.5. The number of carbonyl (C=O) groups is 1. The van der Waals surface area contributed by atoms with Gasteiger partial charge in [0.2, 0.25) is 5.91 Å². The van der Waals surface area contributed by atoms with Gasteiger partial charge < -0.3 is 5.32 Å². The molecular weight excluding hydrogens is 243 g/mol. The normalized spacial score (nSPS) is 11.4. The van der Waals surface area contributed by atoms with E-state index in [0.717, 1.165) is 18.9 Å². The van der Waals surface area contributed by atoms with Crippen LogP contribution in [0.15, 0.2) is 18.2 Å². The van der Waals surface area contributed by atoms with Crippen LogP contribution < -0.4 is 5.32 Å². The van der Waals surface area contributed by atoms with Crippen LogP contribution in [0, 0.1) is 6.92 Å². The van der Waals surface area contributed by atoms with Crippen LogP contribution in [0.3, 0.4) is 0 Å². The zero-order valence-corrected chi connectivity index (χ0v) is 10.4. The van der Waals surface area contributed by atoms with Crippen LogP contribution in [0.1, 0.15) is 37.3 Å². The lowest BCUT2D eigenvalue weighted by Gasteiger charge is -2.12. The Balaban J connectivity index is 2.83.